The van der Waals surface area contributed by atoms with Crippen LogP contribution in [0.3, 0.4) is 0 Å². The summed E-state index contributed by atoms with van der Waals surface area (Å²) in [7, 11) is 0. The van der Waals surface area contributed by atoms with Crippen molar-refractivity contribution in [3.63, 3.8) is 0 Å². The minimum atomic E-state index is -0.197. The van der Waals surface area contributed by atoms with Gasteiger partial charge in [-0.15, -0.1) is 0 Å². The van der Waals surface area contributed by atoms with Gasteiger partial charge in [0.1, 0.15) is 6.61 Å². The smallest absolute Gasteiger partial charge is 0.410 e. The summed E-state index contributed by atoms with van der Waals surface area (Å²) in [5.74, 6) is 0.974. The van der Waals surface area contributed by atoms with Gasteiger partial charge in [-0.3, -0.25) is 4.90 Å². The van der Waals surface area contributed by atoms with Crippen LogP contribution in [-0.4, -0.2) is 42.9 Å². The van der Waals surface area contributed by atoms with Gasteiger partial charge in [-0.25, -0.2) is 4.79 Å². The Morgan fingerprint density at radius 1 is 1.00 bits per heavy atom. The van der Waals surface area contributed by atoms with Gasteiger partial charge in [0.25, 0.3) is 0 Å². The molecule has 4 aliphatic rings. The highest BCUT2D eigenvalue weighted by atomic mass is 16.6. The van der Waals surface area contributed by atoms with E-state index in [4.69, 9.17) is 9.47 Å². The summed E-state index contributed by atoms with van der Waals surface area (Å²) >= 11 is 0. The lowest BCUT2D eigenvalue weighted by molar-refractivity contribution is -0.0366. The Morgan fingerprint density at radius 3 is 2.37 bits per heavy atom. The zero-order valence-corrected chi connectivity index (χ0v) is 17.1. The molecule has 2 aromatic carbocycles. The van der Waals surface area contributed by atoms with E-state index in [1.807, 2.05) is 4.90 Å². The van der Waals surface area contributed by atoms with Gasteiger partial charge in [0.05, 0.1) is 25.3 Å². The van der Waals surface area contributed by atoms with Crippen LogP contribution < -0.4 is 0 Å². The van der Waals surface area contributed by atoms with Crippen molar-refractivity contribution in [2.24, 2.45) is 5.92 Å². The third kappa shape index (κ3) is 3.14. The lowest BCUT2D eigenvalue weighted by Crippen LogP contribution is -2.56. The molecule has 2 atom stereocenters. The number of amides is 1. The van der Waals surface area contributed by atoms with E-state index in [1.54, 1.807) is 0 Å². The van der Waals surface area contributed by atoms with E-state index in [2.05, 4.69) is 54.6 Å². The van der Waals surface area contributed by atoms with Gasteiger partial charge in [-0.05, 0) is 53.9 Å². The number of carbonyl (C=O) groups excluding carboxylic acids is 1. The Kier molecular flexibility index (Phi) is 4.41. The number of fused-ring (bicyclic) bond motifs is 5. The number of nitrogens with zero attached hydrogens (tertiary/aromatic N) is 1. The molecule has 154 valence electrons. The first-order valence-electron chi connectivity index (χ1n) is 11.2. The van der Waals surface area contributed by atoms with Gasteiger partial charge >= 0.3 is 6.09 Å². The molecule has 0 aromatic heterocycles. The van der Waals surface area contributed by atoms with Crippen LogP contribution in [-0.2, 0) is 9.47 Å². The Balaban J connectivity index is 1.19. The summed E-state index contributed by atoms with van der Waals surface area (Å²) in [4.78, 5) is 15.1. The first-order chi connectivity index (χ1) is 14.8. The van der Waals surface area contributed by atoms with E-state index >= 15 is 0 Å². The minimum Gasteiger partial charge on any atom is -0.448 e. The van der Waals surface area contributed by atoms with Gasteiger partial charge < -0.3 is 9.47 Å². The van der Waals surface area contributed by atoms with Crippen molar-refractivity contribution in [2.45, 2.75) is 43.7 Å². The molecular formula is C26H27NO3. The number of carbonyl (C=O) groups is 1. The van der Waals surface area contributed by atoms with Crippen LogP contribution in [0.4, 0.5) is 4.79 Å². The SMILES string of the molecule is O=C(OCC1c2ccccc2-c2ccccc21)N1C2C=C(CC3CC3)CC1COC2. The second kappa shape index (κ2) is 7.28. The molecule has 2 fully saturated rings. The van der Waals surface area contributed by atoms with Gasteiger partial charge in [-0.1, -0.05) is 60.2 Å². The Hall–Kier alpha value is -2.59. The van der Waals surface area contributed by atoms with E-state index in [-0.39, 0.29) is 24.1 Å². The number of morpholine rings is 1. The van der Waals surface area contributed by atoms with Crippen LogP contribution in [0.25, 0.3) is 11.1 Å². The number of hydrogen-bond donors (Lipinski definition) is 0. The second-order valence-corrected chi connectivity index (χ2v) is 9.15. The van der Waals surface area contributed by atoms with Crippen LogP contribution >= 0.6 is 0 Å². The van der Waals surface area contributed by atoms with E-state index < -0.39 is 0 Å². The van der Waals surface area contributed by atoms with Gasteiger partial charge in [-0.2, -0.15) is 0 Å². The van der Waals surface area contributed by atoms with Crippen LogP contribution in [0, 0.1) is 5.92 Å². The number of ether oxygens (including phenoxy) is 2. The van der Waals surface area contributed by atoms with E-state index in [0.29, 0.717) is 19.8 Å². The van der Waals surface area contributed by atoms with Crippen molar-refractivity contribution in [3.05, 3.63) is 71.3 Å². The third-order valence-electron chi connectivity index (χ3n) is 7.07. The van der Waals surface area contributed by atoms with Crippen molar-refractivity contribution in [3.8, 4) is 11.1 Å². The first kappa shape index (κ1) is 18.2. The number of hydrogen-bond acceptors (Lipinski definition) is 3. The van der Waals surface area contributed by atoms with Crippen molar-refractivity contribution < 1.29 is 14.3 Å². The monoisotopic (exact) mass is 401 g/mol. The average Bonchev–Trinajstić information content (AvgIpc) is 3.52. The minimum absolute atomic E-state index is 0.0156. The summed E-state index contributed by atoms with van der Waals surface area (Å²) in [6.45, 7) is 1.57. The summed E-state index contributed by atoms with van der Waals surface area (Å²) in [6, 6.07) is 17.0. The summed E-state index contributed by atoms with van der Waals surface area (Å²) in [6.07, 6.45) is 6.92. The molecule has 0 radical (unpaired) electrons. The highest BCUT2D eigenvalue weighted by molar-refractivity contribution is 5.79. The van der Waals surface area contributed by atoms with Crippen molar-refractivity contribution in [1.29, 1.82) is 0 Å². The van der Waals surface area contributed by atoms with Crippen molar-refractivity contribution in [2.75, 3.05) is 19.8 Å². The first-order valence-corrected chi connectivity index (χ1v) is 11.2. The fraction of sp³-hybridized carbons (Fsp3) is 0.423. The molecule has 4 nitrogen and oxygen atoms in total. The maximum absolute atomic E-state index is 13.2. The molecule has 2 aromatic rings. The quantitative estimate of drug-likeness (QED) is 0.666. The van der Waals surface area contributed by atoms with Gasteiger partial charge in [0.15, 0.2) is 0 Å². The summed E-state index contributed by atoms with van der Waals surface area (Å²) < 4.78 is 11.7. The number of benzene rings is 2. The van der Waals surface area contributed by atoms with E-state index in [0.717, 1.165) is 12.3 Å². The Bertz CT molecular complexity index is 963. The maximum Gasteiger partial charge on any atom is 0.410 e. The Morgan fingerprint density at radius 2 is 1.70 bits per heavy atom. The maximum atomic E-state index is 13.2. The van der Waals surface area contributed by atoms with Crippen molar-refractivity contribution >= 4 is 6.09 Å². The van der Waals surface area contributed by atoms with Crippen LogP contribution in [0.5, 0.6) is 0 Å². The largest absolute Gasteiger partial charge is 0.448 e. The zero-order chi connectivity index (χ0) is 20.1. The normalized spacial score (nSPS) is 24.8. The molecule has 2 unspecified atom stereocenters. The molecule has 2 bridgehead atoms. The predicted octanol–water partition coefficient (Wildman–Crippen LogP) is 5.14. The van der Waals surface area contributed by atoms with Gasteiger partial charge in [0, 0.05) is 5.92 Å². The lowest BCUT2D eigenvalue weighted by atomic mass is 9.91. The molecule has 1 saturated carbocycles. The van der Waals surface area contributed by atoms with Crippen LogP contribution in [0.1, 0.15) is 42.7 Å². The highest BCUT2D eigenvalue weighted by Gasteiger charge is 2.40. The Labute approximate surface area is 177 Å². The molecular weight excluding hydrogens is 374 g/mol. The molecule has 1 saturated heterocycles. The predicted molar refractivity (Wildman–Crippen MR) is 115 cm³/mol. The van der Waals surface area contributed by atoms with Gasteiger partial charge in [0.2, 0.25) is 0 Å². The molecule has 0 N–H and O–H groups in total. The second-order valence-electron chi connectivity index (χ2n) is 9.15. The standard InChI is InChI=1S/C26H27NO3/c28-26(27-19-12-18(11-17-9-10-17)13-20(27)15-29-14-19)30-16-25-23-7-3-1-5-21(23)22-6-2-4-8-24(22)25/h1-8,12,17,19-20,25H,9-11,13-16H2. The summed E-state index contributed by atoms with van der Waals surface area (Å²) in [5.41, 5.74) is 6.52. The fourth-order valence-corrected chi connectivity index (χ4v) is 5.48. The van der Waals surface area contributed by atoms with Crippen molar-refractivity contribution in [1.82, 2.24) is 4.90 Å². The van der Waals surface area contributed by atoms with Crippen LogP contribution in [0.2, 0.25) is 0 Å². The number of rotatable bonds is 4. The molecule has 1 amide bonds. The zero-order valence-electron chi connectivity index (χ0n) is 17.1. The van der Waals surface area contributed by atoms with E-state index in [9.17, 15) is 4.79 Å². The van der Waals surface area contributed by atoms with E-state index in [1.165, 1.54) is 47.1 Å². The highest BCUT2D eigenvalue weighted by Crippen LogP contribution is 2.45. The topological polar surface area (TPSA) is 38.8 Å². The fourth-order valence-electron chi connectivity index (χ4n) is 5.48. The third-order valence-corrected chi connectivity index (χ3v) is 7.07. The molecule has 2 aliphatic carbocycles. The molecule has 4 heteroatoms. The van der Waals surface area contributed by atoms with Crippen LogP contribution in [0.15, 0.2) is 60.2 Å². The summed E-state index contributed by atoms with van der Waals surface area (Å²) in [5, 5.41) is 0. The molecule has 6 rings (SSSR count). The lowest BCUT2D eigenvalue weighted by Gasteiger charge is -2.44. The molecule has 0 spiro atoms. The average molecular weight is 402 g/mol. The molecule has 30 heavy (non-hydrogen) atoms. The molecule has 2 heterocycles. The molecule has 2 aliphatic heterocycles.